The molecule has 0 spiro atoms. The van der Waals surface area contributed by atoms with E-state index >= 15 is 0 Å². The van der Waals surface area contributed by atoms with Crippen LogP contribution in [-0.2, 0) is 6.42 Å². The number of nitrogens with zero attached hydrogens (tertiary/aromatic N) is 5. The normalized spacial score (nSPS) is 17.2. The smallest absolute Gasteiger partial charge is 0.267 e. The third-order valence-corrected chi connectivity index (χ3v) is 5.71. The molecule has 30 heavy (non-hydrogen) atoms. The van der Waals surface area contributed by atoms with Gasteiger partial charge in [0.2, 0.25) is 5.95 Å². The van der Waals surface area contributed by atoms with Crippen LogP contribution in [0.3, 0.4) is 0 Å². The predicted octanol–water partition coefficient (Wildman–Crippen LogP) is 2.75. The summed E-state index contributed by atoms with van der Waals surface area (Å²) >= 11 is 0. The second-order valence-electron chi connectivity index (χ2n) is 7.70. The van der Waals surface area contributed by atoms with Gasteiger partial charge in [0.1, 0.15) is 5.69 Å². The highest BCUT2D eigenvalue weighted by Crippen LogP contribution is 2.25. The van der Waals surface area contributed by atoms with Gasteiger partial charge in [0.15, 0.2) is 5.69 Å². The summed E-state index contributed by atoms with van der Waals surface area (Å²) in [4.78, 5) is 31.4. The number of aromatic amines is 1. The second kappa shape index (κ2) is 8.51. The lowest BCUT2D eigenvalue weighted by Crippen LogP contribution is -2.52. The van der Waals surface area contributed by atoms with Crippen LogP contribution in [0.4, 0.5) is 11.6 Å². The summed E-state index contributed by atoms with van der Waals surface area (Å²) < 4.78 is 0. The Balaban J connectivity index is 1.34. The largest absolute Gasteiger partial charge is 0.364 e. The van der Waals surface area contributed by atoms with Crippen LogP contribution in [0.1, 0.15) is 29.4 Å². The number of primary amides is 1. The minimum Gasteiger partial charge on any atom is -0.364 e. The van der Waals surface area contributed by atoms with E-state index in [2.05, 4.69) is 42.7 Å². The summed E-state index contributed by atoms with van der Waals surface area (Å²) in [5.41, 5.74) is 8.60. The fraction of sp³-hybridized carbons (Fsp3) is 0.364. The molecule has 1 aliphatic rings. The topological polar surface area (TPSA) is 95.5 Å². The summed E-state index contributed by atoms with van der Waals surface area (Å²) in [5, 5.41) is 1.15. The molecule has 1 amide bonds. The number of hydrogen-bond donors (Lipinski definition) is 2. The van der Waals surface area contributed by atoms with Gasteiger partial charge in [-0.15, -0.1) is 0 Å². The number of carbonyl (C=O) groups excluding carboxylic acids is 1. The van der Waals surface area contributed by atoms with Crippen LogP contribution in [0.2, 0.25) is 0 Å². The van der Waals surface area contributed by atoms with E-state index in [0.29, 0.717) is 17.7 Å². The van der Waals surface area contributed by atoms with E-state index in [-0.39, 0.29) is 5.69 Å². The van der Waals surface area contributed by atoms with E-state index in [0.717, 1.165) is 49.9 Å². The van der Waals surface area contributed by atoms with Crippen LogP contribution in [-0.4, -0.2) is 58.0 Å². The molecule has 1 saturated heterocycles. The average Bonchev–Trinajstić information content (AvgIpc) is 3.17. The Hall–Kier alpha value is -3.44. The van der Waals surface area contributed by atoms with Gasteiger partial charge in [-0.05, 0) is 55.5 Å². The maximum absolute atomic E-state index is 11.4. The van der Waals surface area contributed by atoms with E-state index in [1.54, 1.807) is 6.20 Å². The van der Waals surface area contributed by atoms with Crippen LogP contribution < -0.4 is 10.6 Å². The van der Waals surface area contributed by atoms with Gasteiger partial charge in [-0.3, -0.25) is 9.69 Å². The Morgan fingerprint density at radius 1 is 1.37 bits per heavy atom. The van der Waals surface area contributed by atoms with Gasteiger partial charge in [0.25, 0.3) is 5.91 Å². The fourth-order valence-corrected chi connectivity index (χ4v) is 4.06. The summed E-state index contributed by atoms with van der Waals surface area (Å²) in [6, 6.07) is 7.69. The van der Waals surface area contributed by atoms with Gasteiger partial charge < -0.3 is 15.6 Å². The van der Waals surface area contributed by atoms with Crippen LogP contribution in [0.25, 0.3) is 15.7 Å². The van der Waals surface area contributed by atoms with Gasteiger partial charge in [-0.25, -0.2) is 14.8 Å². The molecule has 1 aliphatic heterocycles. The molecular formula is C22H25N7O. The van der Waals surface area contributed by atoms with Crippen LogP contribution >= 0.6 is 0 Å². The third kappa shape index (κ3) is 4.11. The first kappa shape index (κ1) is 19.9. The molecule has 1 atom stereocenters. The molecular weight excluding hydrogens is 378 g/mol. The number of hydrogen-bond acceptors (Lipinski definition) is 5. The van der Waals surface area contributed by atoms with Crippen molar-refractivity contribution in [3.05, 3.63) is 59.3 Å². The van der Waals surface area contributed by atoms with Crippen LogP contribution in [0.5, 0.6) is 0 Å². The molecule has 1 unspecified atom stereocenters. The number of benzene rings is 1. The number of anilines is 1. The number of nitrogens with two attached hydrogens (primary N) is 1. The number of nitrogens with one attached hydrogen (secondary N) is 1. The van der Waals surface area contributed by atoms with Crippen molar-refractivity contribution in [1.82, 2.24) is 19.9 Å². The number of amides is 1. The maximum atomic E-state index is 11.4. The van der Waals surface area contributed by atoms with Crippen LogP contribution in [0.15, 0.2) is 36.7 Å². The molecule has 0 radical (unpaired) electrons. The number of H-pyrrole nitrogens is 1. The molecule has 0 aliphatic carbocycles. The summed E-state index contributed by atoms with van der Waals surface area (Å²) in [7, 11) is 0. The molecule has 154 valence electrons. The van der Waals surface area contributed by atoms with Gasteiger partial charge in [0.05, 0.1) is 6.57 Å². The first-order chi connectivity index (χ1) is 14.5. The Morgan fingerprint density at radius 3 is 3.00 bits per heavy atom. The number of aryl methyl sites for hydroxylation is 1. The van der Waals surface area contributed by atoms with Crippen molar-refractivity contribution in [2.75, 3.05) is 31.1 Å². The number of piperazine rings is 1. The number of aromatic nitrogens is 3. The number of fused-ring (bicyclic) bond motifs is 1. The maximum Gasteiger partial charge on any atom is 0.267 e. The quantitative estimate of drug-likeness (QED) is 0.617. The zero-order valence-electron chi connectivity index (χ0n) is 17.0. The van der Waals surface area contributed by atoms with E-state index in [4.69, 9.17) is 12.3 Å². The van der Waals surface area contributed by atoms with E-state index in [1.807, 2.05) is 18.2 Å². The second-order valence-corrected chi connectivity index (χ2v) is 7.70. The minimum atomic E-state index is -0.536. The van der Waals surface area contributed by atoms with Crippen molar-refractivity contribution in [3.63, 3.8) is 0 Å². The lowest BCUT2D eigenvalue weighted by molar-refractivity contribution is 0.0995. The van der Waals surface area contributed by atoms with E-state index < -0.39 is 5.91 Å². The standard InChI is InChI=1S/C22H25N7O/c1-15-14-29(22-25-8-7-20(27-22)21(23)30)11-10-28(15)9-3-4-16-13-26-19-6-5-17(24-2)12-18(16)19/h5-8,12-13,15,26H,3-4,9-11,14H2,1H3,(H2,23,30). The Labute approximate surface area is 175 Å². The van der Waals surface area contributed by atoms with Gasteiger partial charge in [-0.1, -0.05) is 6.07 Å². The molecule has 1 aromatic carbocycles. The Morgan fingerprint density at radius 2 is 2.23 bits per heavy atom. The van der Waals surface area contributed by atoms with E-state index in [1.165, 1.54) is 11.6 Å². The highest BCUT2D eigenvalue weighted by atomic mass is 16.1. The number of carbonyl (C=O) groups is 1. The van der Waals surface area contributed by atoms with E-state index in [9.17, 15) is 4.79 Å². The number of rotatable bonds is 6. The summed E-state index contributed by atoms with van der Waals surface area (Å²) in [5.74, 6) is 0.0262. The van der Waals surface area contributed by atoms with Crippen molar-refractivity contribution >= 4 is 28.4 Å². The minimum absolute atomic E-state index is 0.246. The van der Waals surface area contributed by atoms with Crippen molar-refractivity contribution in [3.8, 4) is 0 Å². The van der Waals surface area contributed by atoms with Gasteiger partial charge in [-0.2, -0.15) is 0 Å². The van der Waals surface area contributed by atoms with Crippen molar-refractivity contribution in [1.29, 1.82) is 0 Å². The predicted molar refractivity (Wildman–Crippen MR) is 117 cm³/mol. The van der Waals surface area contributed by atoms with Crippen molar-refractivity contribution in [2.24, 2.45) is 5.73 Å². The summed E-state index contributed by atoms with van der Waals surface area (Å²) in [6.45, 7) is 13.0. The first-order valence-corrected chi connectivity index (χ1v) is 10.1. The zero-order valence-corrected chi connectivity index (χ0v) is 17.0. The van der Waals surface area contributed by atoms with Crippen LogP contribution in [0, 0.1) is 6.57 Å². The molecule has 4 rings (SSSR count). The van der Waals surface area contributed by atoms with Crippen molar-refractivity contribution < 1.29 is 4.79 Å². The molecule has 2 aromatic heterocycles. The average molecular weight is 403 g/mol. The Kier molecular flexibility index (Phi) is 5.63. The third-order valence-electron chi connectivity index (χ3n) is 5.71. The molecule has 1 fully saturated rings. The monoisotopic (exact) mass is 403 g/mol. The Bertz CT molecular complexity index is 1100. The molecule has 0 bridgehead atoms. The molecule has 8 heteroatoms. The molecule has 3 N–H and O–H groups in total. The molecule has 3 aromatic rings. The highest BCUT2D eigenvalue weighted by Gasteiger charge is 2.25. The lowest BCUT2D eigenvalue weighted by Gasteiger charge is -2.40. The first-order valence-electron chi connectivity index (χ1n) is 10.1. The van der Waals surface area contributed by atoms with Gasteiger partial charge >= 0.3 is 0 Å². The van der Waals surface area contributed by atoms with Gasteiger partial charge in [0, 0.05) is 43.6 Å². The fourth-order valence-electron chi connectivity index (χ4n) is 4.06. The molecule has 3 heterocycles. The highest BCUT2D eigenvalue weighted by molar-refractivity contribution is 5.90. The zero-order chi connectivity index (χ0) is 21.1. The SMILES string of the molecule is [C-]#[N+]c1ccc2[nH]cc(CCCN3CCN(c4nccc(C(N)=O)n4)CC3C)c2c1. The summed E-state index contributed by atoms with van der Waals surface area (Å²) in [6.07, 6.45) is 5.66. The van der Waals surface area contributed by atoms with Crippen molar-refractivity contribution in [2.45, 2.75) is 25.8 Å². The molecule has 0 saturated carbocycles. The lowest BCUT2D eigenvalue weighted by atomic mass is 10.1. The molecule has 8 nitrogen and oxygen atoms in total.